The Bertz CT molecular complexity index is 962. The highest BCUT2D eigenvalue weighted by Crippen LogP contribution is 2.22. The molecule has 0 amide bonds. The Labute approximate surface area is 176 Å². The largest absolute Gasteiger partial charge is 0.396 e. The first kappa shape index (κ1) is 20.7. The van der Waals surface area contributed by atoms with Crippen LogP contribution in [0.2, 0.25) is 0 Å². The lowest BCUT2D eigenvalue weighted by Gasteiger charge is -2.41. The number of rotatable bonds is 7. The van der Waals surface area contributed by atoms with Crippen molar-refractivity contribution in [2.24, 2.45) is 0 Å². The first-order chi connectivity index (χ1) is 14.6. The van der Waals surface area contributed by atoms with Gasteiger partial charge in [0, 0.05) is 63.5 Å². The molecule has 1 atom stereocenters. The molecule has 1 aromatic carbocycles. The third-order valence-corrected chi connectivity index (χ3v) is 5.65. The lowest BCUT2D eigenvalue weighted by Crippen LogP contribution is -2.52. The van der Waals surface area contributed by atoms with Gasteiger partial charge < -0.3 is 5.11 Å². The van der Waals surface area contributed by atoms with Crippen LogP contribution in [-0.2, 0) is 13.1 Å². The Morgan fingerprint density at radius 3 is 2.80 bits per heavy atom. The second kappa shape index (κ2) is 9.47. The van der Waals surface area contributed by atoms with E-state index in [-0.39, 0.29) is 18.5 Å². The van der Waals surface area contributed by atoms with Crippen molar-refractivity contribution < 1.29 is 9.50 Å². The van der Waals surface area contributed by atoms with Crippen LogP contribution in [0.25, 0.3) is 5.69 Å². The summed E-state index contributed by atoms with van der Waals surface area (Å²) < 4.78 is 15.8. The molecular weight excluding hydrogens is 381 g/mol. The van der Waals surface area contributed by atoms with E-state index in [2.05, 4.69) is 25.9 Å². The molecule has 0 saturated carbocycles. The first-order valence-electron chi connectivity index (χ1n) is 10.4. The van der Waals surface area contributed by atoms with Gasteiger partial charge in [-0.05, 0) is 55.3 Å². The highest BCUT2D eigenvalue weighted by Gasteiger charge is 2.27. The van der Waals surface area contributed by atoms with Gasteiger partial charge in [-0.1, -0.05) is 6.07 Å². The topological polar surface area (TPSA) is 57.4 Å². The minimum absolute atomic E-state index is 0.148. The Kier molecular flexibility index (Phi) is 6.52. The van der Waals surface area contributed by atoms with E-state index < -0.39 is 0 Å². The summed E-state index contributed by atoms with van der Waals surface area (Å²) in [5, 5.41) is 13.9. The number of benzene rings is 1. The maximum absolute atomic E-state index is 14.0. The summed E-state index contributed by atoms with van der Waals surface area (Å²) in [7, 11) is 0. The normalized spacial score (nSPS) is 18.0. The van der Waals surface area contributed by atoms with E-state index in [9.17, 15) is 9.50 Å². The maximum Gasteiger partial charge on any atom is 0.123 e. The molecule has 0 bridgehead atoms. The van der Waals surface area contributed by atoms with Crippen molar-refractivity contribution in [1.82, 2.24) is 24.6 Å². The van der Waals surface area contributed by atoms with Crippen molar-refractivity contribution in [1.29, 1.82) is 0 Å². The van der Waals surface area contributed by atoms with E-state index in [1.54, 1.807) is 23.0 Å². The van der Waals surface area contributed by atoms with Gasteiger partial charge in [-0.25, -0.2) is 9.07 Å². The molecule has 4 rings (SSSR count). The quantitative estimate of drug-likeness (QED) is 0.650. The van der Waals surface area contributed by atoms with Gasteiger partial charge in [-0.3, -0.25) is 14.8 Å². The average Bonchev–Trinajstić information content (AvgIpc) is 3.25. The van der Waals surface area contributed by atoms with Gasteiger partial charge >= 0.3 is 0 Å². The van der Waals surface area contributed by atoms with Gasteiger partial charge in [-0.15, -0.1) is 0 Å². The number of hydrogen-bond acceptors (Lipinski definition) is 5. The molecule has 0 radical (unpaired) electrons. The monoisotopic (exact) mass is 409 g/mol. The number of halogens is 1. The second-order valence-electron chi connectivity index (χ2n) is 7.87. The van der Waals surface area contributed by atoms with E-state index in [0.29, 0.717) is 13.0 Å². The maximum atomic E-state index is 14.0. The Hall–Kier alpha value is -2.61. The standard InChI is InChI=1S/C23H28FN5O/c1-18-4-2-5-21(26-18)16-28-12-11-27(17-22(28)8-13-30)15-19-14-20(24)6-7-23(19)29-10-3-9-25-29/h2-7,9-10,14,22,30H,8,11-13,15-17H2,1H3. The van der Waals surface area contributed by atoms with Crippen LogP contribution in [0.5, 0.6) is 0 Å². The third-order valence-electron chi connectivity index (χ3n) is 5.65. The van der Waals surface area contributed by atoms with Crippen molar-refractivity contribution in [3.05, 3.63) is 77.6 Å². The number of hydrogen-bond donors (Lipinski definition) is 1. The molecule has 1 aliphatic heterocycles. The Morgan fingerprint density at radius 1 is 1.13 bits per heavy atom. The predicted molar refractivity (Wildman–Crippen MR) is 114 cm³/mol. The van der Waals surface area contributed by atoms with Gasteiger partial charge in [0.1, 0.15) is 5.82 Å². The van der Waals surface area contributed by atoms with E-state index in [0.717, 1.165) is 48.8 Å². The molecule has 1 fully saturated rings. The molecule has 1 saturated heterocycles. The zero-order chi connectivity index (χ0) is 20.9. The molecule has 7 heteroatoms. The molecule has 2 aromatic heterocycles. The lowest BCUT2D eigenvalue weighted by molar-refractivity contribution is 0.0491. The molecule has 3 aromatic rings. The summed E-state index contributed by atoms with van der Waals surface area (Å²) in [6.45, 7) is 6.15. The van der Waals surface area contributed by atoms with E-state index in [4.69, 9.17) is 0 Å². The molecule has 1 aliphatic rings. The van der Waals surface area contributed by atoms with Gasteiger partial charge in [0.15, 0.2) is 0 Å². The van der Waals surface area contributed by atoms with Gasteiger partial charge in [0.2, 0.25) is 0 Å². The molecule has 6 nitrogen and oxygen atoms in total. The summed E-state index contributed by atoms with van der Waals surface area (Å²) in [5.41, 5.74) is 3.88. The highest BCUT2D eigenvalue weighted by molar-refractivity contribution is 5.40. The van der Waals surface area contributed by atoms with Crippen molar-refractivity contribution in [2.45, 2.75) is 32.5 Å². The number of aliphatic hydroxyl groups excluding tert-OH is 1. The van der Waals surface area contributed by atoms with Crippen LogP contribution in [0.3, 0.4) is 0 Å². The molecule has 0 spiro atoms. The van der Waals surface area contributed by atoms with E-state index in [1.165, 1.54) is 6.07 Å². The first-order valence-corrected chi connectivity index (χ1v) is 10.4. The van der Waals surface area contributed by atoms with Crippen LogP contribution < -0.4 is 0 Å². The average molecular weight is 410 g/mol. The fourth-order valence-corrected chi connectivity index (χ4v) is 4.18. The van der Waals surface area contributed by atoms with Gasteiger partial charge in [-0.2, -0.15) is 5.10 Å². The molecule has 0 aliphatic carbocycles. The highest BCUT2D eigenvalue weighted by atomic mass is 19.1. The van der Waals surface area contributed by atoms with Crippen molar-refractivity contribution in [2.75, 3.05) is 26.2 Å². The van der Waals surface area contributed by atoms with Gasteiger partial charge in [0.05, 0.1) is 11.4 Å². The molecular formula is C23H28FN5O. The smallest absolute Gasteiger partial charge is 0.123 e. The van der Waals surface area contributed by atoms with E-state index in [1.807, 2.05) is 31.3 Å². The predicted octanol–water partition coefficient (Wildman–Crippen LogP) is 2.78. The van der Waals surface area contributed by atoms with Crippen LogP contribution in [0, 0.1) is 12.7 Å². The summed E-state index contributed by atoms with van der Waals surface area (Å²) >= 11 is 0. The van der Waals surface area contributed by atoms with Crippen LogP contribution in [-0.4, -0.2) is 62.0 Å². The number of piperazine rings is 1. The summed E-state index contributed by atoms with van der Waals surface area (Å²) in [6.07, 6.45) is 4.30. The molecule has 158 valence electrons. The van der Waals surface area contributed by atoms with Gasteiger partial charge in [0.25, 0.3) is 0 Å². The zero-order valence-electron chi connectivity index (χ0n) is 17.3. The van der Waals surface area contributed by atoms with Crippen molar-refractivity contribution in [3.63, 3.8) is 0 Å². The van der Waals surface area contributed by atoms with Crippen LogP contribution in [0.1, 0.15) is 23.4 Å². The number of aliphatic hydroxyl groups is 1. The number of aromatic nitrogens is 3. The molecule has 1 unspecified atom stereocenters. The SMILES string of the molecule is Cc1cccc(CN2CCN(Cc3cc(F)ccc3-n3cccn3)CC2CCO)n1. The number of nitrogens with zero attached hydrogens (tertiary/aromatic N) is 5. The Morgan fingerprint density at radius 2 is 2.03 bits per heavy atom. The summed E-state index contributed by atoms with van der Waals surface area (Å²) in [6, 6.07) is 13.0. The van der Waals surface area contributed by atoms with E-state index >= 15 is 0 Å². The number of aryl methyl sites for hydroxylation is 1. The van der Waals surface area contributed by atoms with Crippen molar-refractivity contribution >= 4 is 0 Å². The number of pyridine rings is 1. The fraction of sp³-hybridized carbons (Fsp3) is 0.391. The van der Waals surface area contributed by atoms with Crippen molar-refractivity contribution in [3.8, 4) is 5.69 Å². The van der Waals surface area contributed by atoms with Crippen LogP contribution in [0.4, 0.5) is 4.39 Å². The molecule has 1 N–H and O–H groups in total. The third kappa shape index (κ3) is 4.92. The summed E-state index contributed by atoms with van der Waals surface area (Å²) in [4.78, 5) is 9.36. The minimum Gasteiger partial charge on any atom is -0.396 e. The Balaban J connectivity index is 1.48. The fourth-order valence-electron chi connectivity index (χ4n) is 4.18. The zero-order valence-corrected chi connectivity index (χ0v) is 17.3. The lowest BCUT2D eigenvalue weighted by atomic mass is 10.1. The summed E-state index contributed by atoms with van der Waals surface area (Å²) in [5.74, 6) is -0.239. The molecule has 30 heavy (non-hydrogen) atoms. The molecule has 3 heterocycles. The van der Waals surface area contributed by atoms with Crippen LogP contribution in [0.15, 0.2) is 54.9 Å². The minimum atomic E-state index is -0.239. The van der Waals surface area contributed by atoms with Crippen LogP contribution >= 0.6 is 0 Å². The second-order valence-corrected chi connectivity index (χ2v) is 7.87.